The predicted molar refractivity (Wildman–Crippen MR) is 72.5 cm³/mol. The average Bonchev–Trinajstić information content (AvgIpc) is 2.33. The maximum Gasteiger partial charge on any atom is 0.224 e. The molecule has 2 rings (SSSR count). The Morgan fingerprint density at radius 1 is 1.53 bits per heavy atom. The van der Waals surface area contributed by atoms with Crippen LogP contribution in [0.2, 0.25) is 5.02 Å². The summed E-state index contributed by atoms with van der Waals surface area (Å²) in [4.78, 5) is 15.8. The third-order valence-corrected chi connectivity index (χ3v) is 4.24. The van der Waals surface area contributed by atoms with Gasteiger partial charge in [-0.15, -0.1) is 0 Å². The van der Waals surface area contributed by atoms with Crippen molar-refractivity contribution >= 4 is 35.0 Å². The van der Waals surface area contributed by atoms with E-state index in [0.29, 0.717) is 23.0 Å². The first-order valence-corrected chi connectivity index (χ1v) is 7.26. The number of thioether (sulfide) groups is 1. The lowest BCUT2D eigenvalue weighted by Crippen LogP contribution is -2.19. The molecule has 1 aliphatic rings. The first-order valence-electron chi connectivity index (χ1n) is 5.73. The molecule has 1 amide bonds. The van der Waals surface area contributed by atoms with E-state index in [1.165, 1.54) is 11.5 Å². The first-order chi connectivity index (χ1) is 8.25. The number of pyridine rings is 1. The summed E-state index contributed by atoms with van der Waals surface area (Å²) >= 11 is 7.92. The highest BCUT2D eigenvalue weighted by Crippen LogP contribution is 2.26. The molecule has 0 aliphatic carbocycles. The van der Waals surface area contributed by atoms with E-state index in [2.05, 4.69) is 10.3 Å². The zero-order chi connectivity index (χ0) is 12.1. The molecule has 1 saturated heterocycles. The van der Waals surface area contributed by atoms with Crippen molar-refractivity contribution in [3.05, 3.63) is 23.5 Å². The molecule has 0 bridgehead atoms. The Morgan fingerprint density at radius 2 is 2.29 bits per heavy atom. The van der Waals surface area contributed by atoms with E-state index in [-0.39, 0.29) is 5.91 Å². The van der Waals surface area contributed by atoms with Crippen LogP contribution in [0.25, 0.3) is 0 Å². The summed E-state index contributed by atoms with van der Waals surface area (Å²) in [5, 5.41) is 3.35. The standard InChI is InChI=1S/C12H15ClN2OS/c13-10-1-4-14-8-11(10)15-12(16)7-9-2-5-17-6-3-9/h1,4,8-9H,2-3,5-7H2,(H,15,16). The minimum atomic E-state index is 0.0387. The van der Waals surface area contributed by atoms with Crippen molar-refractivity contribution in [1.82, 2.24) is 4.98 Å². The van der Waals surface area contributed by atoms with Gasteiger partial charge in [-0.1, -0.05) is 11.6 Å². The molecule has 0 atom stereocenters. The smallest absolute Gasteiger partial charge is 0.224 e. The molecule has 0 saturated carbocycles. The maximum absolute atomic E-state index is 11.8. The van der Waals surface area contributed by atoms with Gasteiger partial charge in [-0.2, -0.15) is 11.8 Å². The molecular weight excluding hydrogens is 256 g/mol. The molecule has 0 aromatic carbocycles. The van der Waals surface area contributed by atoms with Crippen LogP contribution in [0.5, 0.6) is 0 Å². The van der Waals surface area contributed by atoms with Crippen LogP contribution in [0, 0.1) is 5.92 Å². The number of anilines is 1. The Bertz CT molecular complexity index is 394. The van der Waals surface area contributed by atoms with Crippen molar-refractivity contribution in [1.29, 1.82) is 0 Å². The van der Waals surface area contributed by atoms with Crippen LogP contribution in [0.1, 0.15) is 19.3 Å². The number of halogens is 1. The molecule has 1 aliphatic heterocycles. The zero-order valence-corrected chi connectivity index (χ0v) is 11.1. The van der Waals surface area contributed by atoms with Crippen molar-refractivity contribution in [3.8, 4) is 0 Å². The number of amides is 1. The molecule has 0 spiro atoms. The van der Waals surface area contributed by atoms with E-state index in [1.54, 1.807) is 18.5 Å². The topological polar surface area (TPSA) is 42.0 Å². The van der Waals surface area contributed by atoms with Gasteiger partial charge in [0, 0.05) is 12.6 Å². The normalized spacial score (nSPS) is 16.8. The molecule has 3 nitrogen and oxygen atoms in total. The van der Waals surface area contributed by atoms with E-state index in [0.717, 1.165) is 12.8 Å². The van der Waals surface area contributed by atoms with Crippen LogP contribution in [0.3, 0.4) is 0 Å². The Balaban J connectivity index is 1.86. The lowest BCUT2D eigenvalue weighted by Gasteiger charge is -2.20. The quantitative estimate of drug-likeness (QED) is 0.917. The third kappa shape index (κ3) is 3.89. The zero-order valence-electron chi connectivity index (χ0n) is 9.49. The Labute approximate surface area is 110 Å². The predicted octanol–water partition coefficient (Wildman–Crippen LogP) is 3.21. The molecule has 0 radical (unpaired) electrons. The first kappa shape index (κ1) is 12.7. The highest BCUT2D eigenvalue weighted by atomic mass is 35.5. The summed E-state index contributed by atoms with van der Waals surface area (Å²) in [6.07, 6.45) is 6.05. The van der Waals surface area contributed by atoms with Gasteiger partial charge in [-0.25, -0.2) is 0 Å². The molecule has 1 N–H and O–H groups in total. The van der Waals surface area contributed by atoms with Crippen LogP contribution >= 0.6 is 23.4 Å². The molecule has 92 valence electrons. The molecule has 5 heteroatoms. The molecule has 0 unspecified atom stereocenters. The van der Waals surface area contributed by atoms with Crippen molar-refractivity contribution < 1.29 is 4.79 Å². The van der Waals surface area contributed by atoms with Gasteiger partial charge in [-0.05, 0) is 36.3 Å². The van der Waals surface area contributed by atoms with Crippen molar-refractivity contribution in [2.24, 2.45) is 5.92 Å². The second kappa shape index (κ2) is 6.26. The van der Waals surface area contributed by atoms with Crippen molar-refractivity contribution in [3.63, 3.8) is 0 Å². The van der Waals surface area contributed by atoms with Gasteiger partial charge >= 0.3 is 0 Å². The number of hydrogen-bond donors (Lipinski definition) is 1. The van der Waals surface area contributed by atoms with Gasteiger partial charge in [0.2, 0.25) is 5.91 Å². The SMILES string of the molecule is O=C(CC1CCSCC1)Nc1cnccc1Cl. The molecular formula is C12H15ClN2OS. The molecule has 2 heterocycles. The van der Waals surface area contributed by atoms with E-state index in [4.69, 9.17) is 11.6 Å². The van der Waals surface area contributed by atoms with Crippen LogP contribution in [0.15, 0.2) is 18.5 Å². The fourth-order valence-electron chi connectivity index (χ4n) is 1.88. The van der Waals surface area contributed by atoms with Crippen LogP contribution in [0.4, 0.5) is 5.69 Å². The number of carbonyl (C=O) groups is 1. The van der Waals surface area contributed by atoms with E-state index in [1.807, 2.05) is 11.8 Å². The highest BCUT2D eigenvalue weighted by Gasteiger charge is 2.17. The fourth-order valence-corrected chi connectivity index (χ4v) is 3.24. The molecule has 1 fully saturated rings. The molecule has 1 aromatic rings. The Hall–Kier alpha value is -0.740. The monoisotopic (exact) mass is 270 g/mol. The van der Waals surface area contributed by atoms with Crippen LogP contribution < -0.4 is 5.32 Å². The van der Waals surface area contributed by atoms with Crippen molar-refractivity contribution in [2.75, 3.05) is 16.8 Å². The average molecular weight is 271 g/mol. The van der Waals surface area contributed by atoms with Gasteiger partial charge < -0.3 is 5.32 Å². The van der Waals surface area contributed by atoms with E-state index < -0.39 is 0 Å². The summed E-state index contributed by atoms with van der Waals surface area (Å²) in [5.41, 5.74) is 0.601. The summed E-state index contributed by atoms with van der Waals surface area (Å²) in [5.74, 6) is 2.90. The highest BCUT2D eigenvalue weighted by molar-refractivity contribution is 7.99. The Morgan fingerprint density at radius 3 is 3.00 bits per heavy atom. The van der Waals surface area contributed by atoms with Gasteiger partial charge in [0.1, 0.15) is 0 Å². The minimum Gasteiger partial charge on any atom is -0.323 e. The van der Waals surface area contributed by atoms with Crippen LogP contribution in [-0.2, 0) is 4.79 Å². The minimum absolute atomic E-state index is 0.0387. The maximum atomic E-state index is 11.8. The summed E-state index contributed by atoms with van der Waals surface area (Å²) in [7, 11) is 0. The lowest BCUT2D eigenvalue weighted by atomic mass is 9.98. The Kier molecular flexibility index (Phi) is 4.68. The van der Waals surface area contributed by atoms with Crippen molar-refractivity contribution in [2.45, 2.75) is 19.3 Å². The lowest BCUT2D eigenvalue weighted by molar-refractivity contribution is -0.117. The molecule has 1 aromatic heterocycles. The van der Waals surface area contributed by atoms with Gasteiger partial charge in [0.25, 0.3) is 0 Å². The summed E-state index contributed by atoms with van der Waals surface area (Å²) in [6.45, 7) is 0. The van der Waals surface area contributed by atoms with Gasteiger partial charge in [0.15, 0.2) is 0 Å². The molecule has 17 heavy (non-hydrogen) atoms. The number of hydrogen-bond acceptors (Lipinski definition) is 3. The number of nitrogens with zero attached hydrogens (tertiary/aromatic N) is 1. The third-order valence-electron chi connectivity index (χ3n) is 2.86. The fraction of sp³-hybridized carbons (Fsp3) is 0.500. The number of aromatic nitrogens is 1. The number of carbonyl (C=O) groups excluding carboxylic acids is 1. The summed E-state index contributed by atoms with van der Waals surface area (Å²) in [6, 6.07) is 1.68. The van der Waals surface area contributed by atoms with Gasteiger partial charge in [-0.3, -0.25) is 9.78 Å². The second-order valence-electron chi connectivity index (χ2n) is 4.16. The van der Waals surface area contributed by atoms with Crippen LogP contribution in [-0.4, -0.2) is 22.4 Å². The number of rotatable bonds is 3. The van der Waals surface area contributed by atoms with Gasteiger partial charge in [0.05, 0.1) is 16.9 Å². The van der Waals surface area contributed by atoms with E-state index in [9.17, 15) is 4.79 Å². The largest absolute Gasteiger partial charge is 0.323 e. The second-order valence-corrected chi connectivity index (χ2v) is 5.80. The number of nitrogens with one attached hydrogen (secondary N) is 1. The van der Waals surface area contributed by atoms with E-state index >= 15 is 0 Å². The summed E-state index contributed by atoms with van der Waals surface area (Å²) < 4.78 is 0.